The number of rotatable bonds is 4. The van der Waals surface area contributed by atoms with Crippen LogP contribution < -0.4 is 5.01 Å². The first kappa shape index (κ1) is 16.7. The summed E-state index contributed by atoms with van der Waals surface area (Å²) in [5.74, 6) is 0.198. The highest BCUT2D eigenvalue weighted by atomic mass is 16.3. The predicted molar refractivity (Wildman–Crippen MR) is 110 cm³/mol. The Morgan fingerprint density at radius 2 is 1.19 bits per heavy atom. The Balaban J connectivity index is 1.79. The highest BCUT2D eigenvalue weighted by Gasteiger charge is 2.11. The van der Waals surface area contributed by atoms with Gasteiger partial charge in [-0.25, -0.2) is 5.01 Å². The fourth-order valence-electron chi connectivity index (χ4n) is 3.00. The third kappa shape index (κ3) is 3.33. The number of phenolic OH excluding ortho intramolecular Hbond substituents is 2. The molecule has 0 saturated heterocycles. The molecule has 27 heavy (non-hydrogen) atoms. The molecule has 0 heterocycles. The standard InChI is InChI=1S/C23H18N2O2/c26-22-15-17(23(27)21-14-8-7-13-20(21)22)16-24-25(18-9-3-1-4-10-18)19-11-5-2-6-12-19/h1-16,26-27H. The lowest BCUT2D eigenvalue weighted by atomic mass is 10.0. The van der Waals surface area contributed by atoms with Crippen molar-refractivity contribution in [2.45, 2.75) is 0 Å². The van der Waals surface area contributed by atoms with Crippen LogP contribution in [-0.2, 0) is 0 Å². The van der Waals surface area contributed by atoms with Crippen molar-refractivity contribution in [1.82, 2.24) is 0 Å². The van der Waals surface area contributed by atoms with Crippen LogP contribution in [0.4, 0.5) is 11.4 Å². The monoisotopic (exact) mass is 354 g/mol. The van der Waals surface area contributed by atoms with E-state index in [1.165, 1.54) is 6.07 Å². The van der Waals surface area contributed by atoms with Gasteiger partial charge in [-0.1, -0.05) is 60.7 Å². The molecule has 0 aliphatic carbocycles. The Bertz CT molecular complexity index is 1050. The molecule has 0 radical (unpaired) electrons. The van der Waals surface area contributed by atoms with Gasteiger partial charge in [-0.15, -0.1) is 0 Å². The quantitative estimate of drug-likeness (QED) is 0.292. The summed E-state index contributed by atoms with van der Waals surface area (Å²) < 4.78 is 0. The number of hydrogen-bond donors (Lipinski definition) is 2. The fraction of sp³-hybridized carbons (Fsp3) is 0. The largest absolute Gasteiger partial charge is 0.507 e. The summed E-state index contributed by atoms with van der Waals surface area (Å²) in [5, 5.41) is 28.5. The number of hydrogen-bond acceptors (Lipinski definition) is 4. The van der Waals surface area contributed by atoms with Crippen LogP contribution in [0.5, 0.6) is 11.5 Å². The van der Waals surface area contributed by atoms with Gasteiger partial charge in [0.15, 0.2) is 0 Å². The maximum atomic E-state index is 10.6. The Morgan fingerprint density at radius 1 is 0.667 bits per heavy atom. The molecule has 0 aliphatic rings. The van der Waals surface area contributed by atoms with Crippen molar-refractivity contribution in [2.24, 2.45) is 5.10 Å². The van der Waals surface area contributed by atoms with Crippen LogP contribution in [0, 0.1) is 0 Å². The van der Waals surface area contributed by atoms with Crippen LogP contribution >= 0.6 is 0 Å². The number of aromatic hydroxyl groups is 2. The molecule has 0 bridgehead atoms. The van der Waals surface area contributed by atoms with Gasteiger partial charge in [-0.2, -0.15) is 5.10 Å². The van der Waals surface area contributed by atoms with E-state index in [2.05, 4.69) is 5.10 Å². The first-order valence-electron chi connectivity index (χ1n) is 8.62. The Hall–Kier alpha value is -3.79. The second-order valence-electron chi connectivity index (χ2n) is 6.11. The summed E-state index contributed by atoms with van der Waals surface area (Å²) >= 11 is 0. The average molecular weight is 354 g/mol. The van der Waals surface area contributed by atoms with Crippen LogP contribution in [0.2, 0.25) is 0 Å². The van der Waals surface area contributed by atoms with E-state index in [1.54, 1.807) is 23.4 Å². The van der Waals surface area contributed by atoms with E-state index in [-0.39, 0.29) is 11.5 Å². The lowest BCUT2D eigenvalue weighted by Crippen LogP contribution is -2.09. The van der Waals surface area contributed by atoms with Gasteiger partial charge >= 0.3 is 0 Å². The topological polar surface area (TPSA) is 56.1 Å². The molecule has 2 N–H and O–H groups in total. The van der Waals surface area contributed by atoms with E-state index < -0.39 is 0 Å². The van der Waals surface area contributed by atoms with Crippen molar-refractivity contribution >= 4 is 28.4 Å². The van der Waals surface area contributed by atoms with Gasteiger partial charge in [-0.05, 0) is 30.3 Å². The number of hydrazone groups is 1. The molecule has 4 nitrogen and oxygen atoms in total. The minimum absolute atomic E-state index is 0.0909. The van der Waals surface area contributed by atoms with Gasteiger partial charge in [0.05, 0.1) is 17.6 Å². The molecule has 0 fully saturated rings. The number of benzene rings is 4. The normalized spacial score (nSPS) is 11.1. The molecule has 0 unspecified atom stereocenters. The maximum absolute atomic E-state index is 10.6. The highest BCUT2D eigenvalue weighted by molar-refractivity contribution is 6.00. The second-order valence-corrected chi connectivity index (χ2v) is 6.11. The van der Waals surface area contributed by atoms with Gasteiger partial charge in [-0.3, -0.25) is 0 Å². The van der Waals surface area contributed by atoms with Gasteiger partial charge < -0.3 is 10.2 Å². The molecule has 0 aliphatic heterocycles. The minimum Gasteiger partial charge on any atom is -0.507 e. The molecule has 0 amide bonds. The van der Waals surface area contributed by atoms with Crippen LogP contribution in [0.25, 0.3) is 10.8 Å². The molecule has 4 rings (SSSR count). The zero-order valence-corrected chi connectivity index (χ0v) is 14.5. The van der Waals surface area contributed by atoms with Crippen LogP contribution in [0.3, 0.4) is 0 Å². The summed E-state index contributed by atoms with van der Waals surface area (Å²) in [6.45, 7) is 0. The SMILES string of the molecule is Oc1cc(C=NN(c2ccccc2)c2ccccc2)c(O)c2ccccc12. The lowest BCUT2D eigenvalue weighted by molar-refractivity contribution is 0.469. The molecule has 4 aromatic carbocycles. The van der Waals surface area contributed by atoms with Crippen LogP contribution in [-0.4, -0.2) is 16.4 Å². The molecule has 4 heteroatoms. The Labute approximate surface area is 157 Å². The second kappa shape index (κ2) is 7.22. The Morgan fingerprint density at radius 3 is 1.78 bits per heavy atom. The maximum Gasteiger partial charge on any atom is 0.132 e. The van der Waals surface area contributed by atoms with E-state index in [4.69, 9.17) is 0 Å². The third-order valence-electron chi connectivity index (χ3n) is 4.34. The van der Waals surface area contributed by atoms with Crippen molar-refractivity contribution in [3.8, 4) is 11.5 Å². The van der Waals surface area contributed by atoms with Crippen molar-refractivity contribution in [3.05, 3.63) is 96.6 Å². The van der Waals surface area contributed by atoms with Crippen LogP contribution in [0.15, 0.2) is 96.1 Å². The predicted octanol–water partition coefficient (Wildman–Crippen LogP) is 5.42. The number of para-hydroxylation sites is 2. The van der Waals surface area contributed by atoms with Gasteiger partial charge in [0.1, 0.15) is 11.5 Å². The van der Waals surface area contributed by atoms with Crippen molar-refractivity contribution in [3.63, 3.8) is 0 Å². The van der Waals surface area contributed by atoms with E-state index in [0.29, 0.717) is 16.3 Å². The number of anilines is 2. The smallest absolute Gasteiger partial charge is 0.132 e. The first-order valence-corrected chi connectivity index (χ1v) is 8.62. The molecular weight excluding hydrogens is 336 g/mol. The molecule has 4 aromatic rings. The highest BCUT2D eigenvalue weighted by Crippen LogP contribution is 2.34. The summed E-state index contributed by atoms with van der Waals surface area (Å²) in [5.41, 5.74) is 2.23. The molecule has 0 atom stereocenters. The van der Waals surface area contributed by atoms with Crippen LogP contribution in [0.1, 0.15) is 5.56 Å². The Kier molecular flexibility index (Phi) is 4.45. The molecule has 0 spiro atoms. The van der Waals surface area contributed by atoms with E-state index >= 15 is 0 Å². The summed E-state index contributed by atoms with van der Waals surface area (Å²) in [6, 6.07) is 28.2. The number of fused-ring (bicyclic) bond motifs is 1. The number of phenols is 2. The lowest BCUT2D eigenvalue weighted by Gasteiger charge is -2.19. The van der Waals surface area contributed by atoms with Gasteiger partial charge in [0.25, 0.3) is 0 Å². The summed E-state index contributed by atoms with van der Waals surface area (Å²) in [4.78, 5) is 0. The minimum atomic E-state index is 0.0909. The zero-order chi connectivity index (χ0) is 18.6. The molecular formula is C23H18N2O2. The van der Waals surface area contributed by atoms with E-state index in [1.807, 2.05) is 72.8 Å². The van der Waals surface area contributed by atoms with Crippen molar-refractivity contribution in [1.29, 1.82) is 0 Å². The van der Waals surface area contributed by atoms with Gasteiger partial charge in [0, 0.05) is 16.3 Å². The summed E-state index contributed by atoms with van der Waals surface area (Å²) in [7, 11) is 0. The van der Waals surface area contributed by atoms with Crippen molar-refractivity contribution < 1.29 is 10.2 Å². The molecule has 0 saturated carbocycles. The average Bonchev–Trinajstić information content (AvgIpc) is 2.73. The molecule has 0 aromatic heterocycles. The van der Waals surface area contributed by atoms with Crippen molar-refractivity contribution in [2.75, 3.05) is 5.01 Å². The third-order valence-corrected chi connectivity index (χ3v) is 4.34. The summed E-state index contributed by atoms with van der Waals surface area (Å²) in [6.07, 6.45) is 1.56. The van der Waals surface area contributed by atoms with E-state index in [0.717, 1.165) is 11.4 Å². The first-order chi connectivity index (χ1) is 13.2. The van der Waals surface area contributed by atoms with E-state index in [9.17, 15) is 10.2 Å². The number of nitrogens with zero attached hydrogens (tertiary/aromatic N) is 2. The molecule has 132 valence electrons. The van der Waals surface area contributed by atoms with Gasteiger partial charge in [0.2, 0.25) is 0 Å². The zero-order valence-electron chi connectivity index (χ0n) is 14.5. The fourth-order valence-corrected chi connectivity index (χ4v) is 3.00.